The Morgan fingerprint density at radius 1 is 0.842 bits per heavy atom. The molecule has 0 saturated carbocycles. The van der Waals surface area contributed by atoms with Crippen molar-refractivity contribution in [3.63, 3.8) is 0 Å². The largest absolute Gasteiger partial charge is 0.497 e. The van der Waals surface area contributed by atoms with Crippen molar-refractivity contribution in [1.29, 1.82) is 0 Å². The van der Waals surface area contributed by atoms with E-state index in [9.17, 15) is 9.59 Å². The summed E-state index contributed by atoms with van der Waals surface area (Å²) in [4.78, 5) is 25.0. The molecule has 196 valence electrons. The number of aromatic nitrogens is 3. The van der Waals surface area contributed by atoms with Gasteiger partial charge in [-0.1, -0.05) is 42.1 Å². The first kappa shape index (κ1) is 26.6. The zero-order valence-electron chi connectivity index (χ0n) is 20.9. The summed E-state index contributed by atoms with van der Waals surface area (Å²) < 4.78 is 18.0. The summed E-state index contributed by atoms with van der Waals surface area (Å²) in [6, 6.07) is 23.5. The smallest absolute Gasteiger partial charge is 0.258 e. The van der Waals surface area contributed by atoms with E-state index in [1.807, 2.05) is 42.5 Å². The molecular weight excluding hydrogens is 506 g/mol. The van der Waals surface area contributed by atoms with Crippen LogP contribution in [0, 0.1) is 0 Å². The van der Waals surface area contributed by atoms with Crippen molar-refractivity contribution >= 4 is 29.3 Å². The summed E-state index contributed by atoms with van der Waals surface area (Å²) in [6.07, 6.45) is 0. The maximum Gasteiger partial charge on any atom is 0.258 e. The molecule has 0 spiro atoms. The molecular formula is C27H27N5O5S. The number of para-hydroxylation sites is 3. The number of amides is 2. The second-order valence-corrected chi connectivity index (χ2v) is 8.79. The summed E-state index contributed by atoms with van der Waals surface area (Å²) in [5.74, 6) is 1.95. The number of hydrogen-bond acceptors (Lipinski definition) is 8. The Hall–Kier alpha value is -4.51. The minimum absolute atomic E-state index is 0.0938. The van der Waals surface area contributed by atoms with Gasteiger partial charge >= 0.3 is 0 Å². The van der Waals surface area contributed by atoms with Crippen molar-refractivity contribution in [3.8, 4) is 22.9 Å². The number of carbonyl (C=O) groups excluding carboxylic acids is 2. The van der Waals surface area contributed by atoms with Gasteiger partial charge in [0.05, 0.1) is 32.2 Å². The highest BCUT2D eigenvalue weighted by molar-refractivity contribution is 7.99. The van der Waals surface area contributed by atoms with E-state index >= 15 is 0 Å². The van der Waals surface area contributed by atoms with Crippen LogP contribution in [0.25, 0.3) is 5.69 Å². The maximum atomic E-state index is 12.6. The molecule has 11 heteroatoms. The summed E-state index contributed by atoms with van der Waals surface area (Å²) in [7, 11) is 3.15. The van der Waals surface area contributed by atoms with Gasteiger partial charge in [-0.3, -0.25) is 14.2 Å². The Bertz CT molecular complexity index is 1360. The van der Waals surface area contributed by atoms with Crippen LogP contribution in [0.5, 0.6) is 17.2 Å². The van der Waals surface area contributed by atoms with Gasteiger partial charge in [0.1, 0.15) is 17.2 Å². The number of anilines is 1. The maximum absolute atomic E-state index is 12.6. The van der Waals surface area contributed by atoms with Crippen molar-refractivity contribution in [3.05, 3.63) is 84.7 Å². The van der Waals surface area contributed by atoms with Crippen molar-refractivity contribution in [2.75, 3.05) is 31.9 Å². The molecule has 0 bridgehead atoms. The molecule has 4 aromatic rings. The van der Waals surface area contributed by atoms with Crippen LogP contribution in [0.15, 0.2) is 84.0 Å². The van der Waals surface area contributed by atoms with Crippen LogP contribution in [0.1, 0.15) is 5.82 Å². The Morgan fingerprint density at radius 2 is 1.58 bits per heavy atom. The zero-order valence-corrected chi connectivity index (χ0v) is 21.7. The lowest BCUT2D eigenvalue weighted by atomic mass is 10.3. The predicted octanol–water partition coefficient (Wildman–Crippen LogP) is 3.71. The average Bonchev–Trinajstić information content (AvgIpc) is 3.37. The molecule has 10 nitrogen and oxygen atoms in total. The number of nitrogens with zero attached hydrogens (tertiary/aromatic N) is 3. The van der Waals surface area contributed by atoms with Crippen LogP contribution < -0.4 is 24.8 Å². The third-order valence-corrected chi connectivity index (χ3v) is 6.22. The predicted molar refractivity (Wildman–Crippen MR) is 144 cm³/mol. The molecule has 0 fully saturated rings. The van der Waals surface area contributed by atoms with Gasteiger partial charge in [-0.15, -0.1) is 10.2 Å². The number of ether oxygens (including phenoxy) is 3. The number of benzene rings is 3. The highest BCUT2D eigenvalue weighted by atomic mass is 32.2. The van der Waals surface area contributed by atoms with E-state index in [2.05, 4.69) is 20.8 Å². The minimum Gasteiger partial charge on any atom is -0.497 e. The lowest BCUT2D eigenvalue weighted by molar-refractivity contribution is -0.123. The lowest BCUT2D eigenvalue weighted by Gasteiger charge is -2.14. The monoisotopic (exact) mass is 533 g/mol. The first-order valence-electron chi connectivity index (χ1n) is 11.7. The second-order valence-electron chi connectivity index (χ2n) is 7.85. The van der Waals surface area contributed by atoms with Crippen molar-refractivity contribution in [2.45, 2.75) is 11.7 Å². The highest BCUT2D eigenvalue weighted by Crippen LogP contribution is 2.29. The van der Waals surface area contributed by atoms with Gasteiger partial charge < -0.3 is 24.8 Å². The average molecular weight is 534 g/mol. The van der Waals surface area contributed by atoms with Gasteiger partial charge in [-0.25, -0.2) is 0 Å². The molecule has 0 radical (unpaired) electrons. The van der Waals surface area contributed by atoms with E-state index < -0.39 is 0 Å². The molecule has 0 saturated heterocycles. The van der Waals surface area contributed by atoms with Gasteiger partial charge in [0.25, 0.3) is 5.91 Å². The molecule has 1 aromatic heterocycles. The Morgan fingerprint density at radius 3 is 2.32 bits per heavy atom. The van der Waals surface area contributed by atoms with Crippen LogP contribution in [0.4, 0.5) is 5.69 Å². The zero-order chi connectivity index (χ0) is 26.7. The number of hydrogen-bond donors (Lipinski definition) is 2. The van der Waals surface area contributed by atoms with Crippen LogP contribution in [-0.4, -0.2) is 53.2 Å². The number of nitrogens with one attached hydrogen (secondary N) is 2. The molecule has 0 unspecified atom stereocenters. The number of methoxy groups -OCH3 is 2. The molecule has 4 rings (SSSR count). The quantitative estimate of drug-likeness (QED) is 0.265. The number of thioether (sulfide) groups is 1. The van der Waals surface area contributed by atoms with E-state index in [0.29, 0.717) is 39.6 Å². The third-order valence-electron chi connectivity index (χ3n) is 5.29. The van der Waals surface area contributed by atoms with Gasteiger partial charge in [-0.05, 0) is 48.5 Å². The van der Waals surface area contributed by atoms with Crippen LogP contribution in [-0.2, 0) is 16.1 Å². The fourth-order valence-electron chi connectivity index (χ4n) is 3.46. The first-order chi connectivity index (χ1) is 18.6. The fourth-order valence-corrected chi connectivity index (χ4v) is 4.22. The van der Waals surface area contributed by atoms with Gasteiger partial charge in [-0.2, -0.15) is 0 Å². The molecule has 0 aliphatic carbocycles. The van der Waals surface area contributed by atoms with Crippen LogP contribution >= 0.6 is 11.8 Å². The van der Waals surface area contributed by atoms with Gasteiger partial charge in [0, 0.05) is 5.69 Å². The van der Waals surface area contributed by atoms with Crippen LogP contribution in [0.3, 0.4) is 0 Å². The standard InChI is InChI=1S/C27H27N5O5S/c1-35-20-14-12-19(13-15-20)29-26(34)18-38-27-31-30-24(32(27)22-10-6-7-11-23(22)36-2)16-28-25(33)17-37-21-8-4-3-5-9-21/h3-15H,16-18H2,1-2H3,(H,28,33)(H,29,34). The molecule has 0 aliphatic rings. The van der Waals surface area contributed by atoms with Crippen molar-refractivity contribution in [1.82, 2.24) is 20.1 Å². The molecule has 2 amide bonds. The summed E-state index contributed by atoms with van der Waals surface area (Å²) in [5.41, 5.74) is 1.34. The molecule has 1 heterocycles. The van der Waals surface area contributed by atoms with Crippen molar-refractivity contribution < 1.29 is 23.8 Å². The van der Waals surface area contributed by atoms with Gasteiger partial charge in [0.15, 0.2) is 17.6 Å². The Balaban J connectivity index is 1.45. The molecule has 2 N–H and O–H groups in total. The highest BCUT2D eigenvalue weighted by Gasteiger charge is 2.19. The molecule has 0 aliphatic heterocycles. The second kappa shape index (κ2) is 13.2. The van der Waals surface area contributed by atoms with E-state index in [1.54, 1.807) is 55.2 Å². The summed E-state index contributed by atoms with van der Waals surface area (Å²) >= 11 is 1.22. The molecule has 3 aromatic carbocycles. The third kappa shape index (κ3) is 7.04. The van der Waals surface area contributed by atoms with E-state index in [0.717, 1.165) is 0 Å². The lowest BCUT2D eigenvalue weighted by Crippen LogP contribution is -2.29. The fraction of sp³-hybridized carbons (Fsp3) is 0.185. The Labute approximate surface area is 224 Å². The van der Waals surface area contributed by atoms with Gasteiger partial charge in [0.2, 0.25) is 5.91 Å². The summed E-state index contributed by atoms with van der Waals surface area (Å²) in [5, 5.41) is 14.7. The summed E-state index contributed by atoms with van der Waals surface area (Å²) in [6.45, 7) is -0.0411. The van der Waals surface area contributed by atoms with E-state index in [4.69, 9.17) is 14.2 Å². The number of rotatable bonds is 12. The number of carbonyl (C=O) groups is 2. The normalized spacial score (nSPS) is 10.5. The van der Waals surface area contributed by atoms with E-state index in [-0.39, 0.29) is 30.7 Å². The van der Waals surface area contributed by atoms with Crippen LogP contribution in [0.2, 0.25) is 0 Å². The molecule has 38 heavy (non-hydrogen) atoms. The Kier molecular flexibility index (Phi) is 9.19. The van der Waals surface area contributed by atoms with E-state index in [1.165, 1.54) is 11.8 Å². The topological polar surface area (TPSA) is 117 Å². The first-order valence-corrected chi connectivity index (χ1v) is 12.6. The minimum atomic E-state index is -0.309. The molecule has 0 atom stereocenters. The van der Waals surface area contributed by atoms with Crippen molar-refractivity contribution in [2.24, 2.45) is 0 Å². The SMILES string of the molecule is COc1ccc(NC(=O)CSc2nnc(CNC(=O)COc3ccccc3)n2-c2ccccc2OC)cc1.